The van der Waals surface area contributed by atoms with E-state index in [1.54, 1.807) is 0 Å². The van der Waals surface area contributed by atoms with Crippen LogP contribution in [0, 0.1) is 11.7 Å². The third-order valence-corrected chi connectivity index (χ3v) is 5.91. The molecule has 0 saturated heterocycles. The van der Waals surface area contributed by atoms with Gasteiger partial charge in [0.15, 0.2) is 0 Å². The summed E-state index contributed by atoms with van der Waals surface area (Å²) < 4.78 is 19.1. The number of hydrogen-bond donors (Lipinski definition) is 0. The molecule has 4 rings (SSSR count). The molecule has 0 bridgehead atoms. The largest absolute Gasteiger partial charge is 0.376 e. The first kappa shape index (κ1) is 22.5. The Balaban J connectivity index is 0.00000256. The first-order valence-corrected chi connectivity index (χ1v) is 10.2. The second kappa shape index (κ2) is 9.74. The molecule has 2 nitrogen and oxygen atoms in total. The van der Waals surface area contributed by atoms with Crippen molar-refractivity contribution in [3.63, 3.8) is 0 Å². The lowest BCUT2D eigenvalue weighted by Gasteiger charge is -2.34. The van der Waals surface area contributed by atoms with Crippen molar-refractivity contribution in [1.29, 1.82) is 0 Å². The molecule has 3 aromatic rings. The summed E-state index contributed by atoms with van der Waals surface area (Å²) in [4.78, 5) is 2.25. The summed E-state index contributed by atoms with van der Waals surface area (Å²) in [6, 6.07) is 21.9. The summed E-state index contributed by atoms with van der Waals surface area (Å²) in [6.07, 6.45) is 2.40. The zero-order valence-electron chi connectivity index (χ0n) is 17.8. The van der Waals surface area contributed by atoms with Crippen LogP contribution in [0.25, 0.3) is 22.3 Å². The maximum absolute atomic E-state index is 13.2. The first-order chi connectivity index (χ1) is 14.0. The van der Waals surface area contributed by atoms with Gasteiger partial charge in [0.25, 0.3) is 0 Å². The Hall–Kier alpha value is -2.20. The molecule has 0 spiro atoms. The smallest absolute Gasteiger partial charge is 0.123 e. The van der Waals surface area contributed by atoms with Gasteiger partial charge in [-0.2, -0.15) is 0 Å². The van der Waals surface area contributed by atoms with Gasteiger partial charge in [0.1, 0.15) is 5.82 Å². The van der Waals surface area contributed by atoms with Crippen molar-refractivity contribution in [1.82, 2.24) is 4.90 Å². The lowest BCUT2D eigenvalue weighted by atomic mass is 9.80. The predicted molar refractivity (Wildman–Crippen MR) is 125 cm³/mol. The van der Waals surface area contributed by atoms with Gasteiger partial charge >= 0.3 is 0 Å². The third kappa shape index (κ3) is 4.75. The van der Waals surface area contributed by atoms with E-state index in [2.05, 4.69) is 61.5 Å². The van der Waals surface area contributed by atoms with Crippen molar-refractivity contribution >= 4 is 12.4 Å². The Bertz CT molecular complexity index is 969. The minimum Gasteiger partial charge on any atom is -0.376 e. The highest BCUT2D eigenvalue weighted by molar-refractivity contribution is 5.85. The van der Waals surface area contributed by atoms with Crippen LogP contribution < -0.4 is 0 Å². The van der Waals surface area contributed by atoms with Crippen LogP contribution in [0.2, 0.25) is 0 Å². The molecular formula is C26H29ClFNO. The highest BCUT2D eigenvalue weighted by Crippen LogP contribution is 2.39. The van der Waals surface area contributed by atoms with Crippen LogP contribution in [0.3, 0.4) is 0 Å². The number of halogens is 2. The Morgan fingerprint density at radius 1 is 0.867 bits per heavy atom. The van der Waals surface area contributed by atoms with E-state index in [0.717, 1.165) is 30.5 Å². The van der Waals surface area contributed by atoms with Gasteiger partial charge in [-0.05, 0) is 72.5 Å². The van der Waals surface area contributed by atoms with E-state index in [9.17, 15) is 4.39 Å². The van der Waals surface area contributed by atoms with Crippen LogP contribution in [0.1, 0.15) is 23.7 Å². The molecule has 0 fully saturated rings. The normalized spacial score (nSPS) is 18.0. The number of aryl methyl sites for hydroxylation is 1. The average Bonchev–Trinajstić information content (AvgIpc) is 2.73. The van der Waals surface area contributed by atoms with E-state index in [4.69, 9.17) is 4.74 Å². The van der Waals surface area contributed by atoms with Gasteiger partial charge in [0, 0.05) is 19.6 Å². The summed E-state index contributed by atoms with van der Waals surface area (Å²) in [5.41, 5.74) is 7.28. The fraction of sp³-hybridized carbons (Fsp3) is 0.308. The van der Waals surface area contributed by atoms with Gasteiger partial charge in [-0.15, -0.1) is 12.4 Å². The topological polar surface area (TPSA) is 12.5 Å². The summed E-state index contributed by atoms with van der Waals surface area (Å²) in [5, 5.41) is 0. The summed E-state index contributed by atoms with van der Waals surface area (Å²) in [6.45, 7) is 1.05. The molecule has 0 amide bonds. The molecule has 0 saturated carbocycles. The molecule has 2 unspecified atom stereocenters. The lowest BCUT2D eigenvalue weighted by molar-refractivity contribution is 0.0299. The first-order valence-electron chi connectivity index (χ1n) is 10.2. The van der Waals surface area contributed by atoms with Gasteiger partial charge in [0.2, 0.25) is 0 Å². The molecule has 0 aliphatic heterocycles. The van der Waals surface area contributed by atoms with Crippen LogP contribution in [0.5, 0.6) is 0 Å². The maximum atomic E-state index is 13.2. The quantitative estimate of drug-likeness (QED) is 0.469. The number of nitrogens with zero attached hydrogens (tertiary/aromatic N) is 1. The van der Waals surface area contributed by atoms with Gasteiger partial charge in [-0.1, -0.05) is 54.6 Å². The molecule has 2 atom stereocenters. The Labute approximate surface area is 185 Å². The van der Waals surface area contributed by atoms with Gasteiger partial charge in [0.05, 0.1) is 6.10 Å². The Morgan fingerprint density at radius 3 is 1.97 bits per heavy atom. The van der Waals surface area contributed by atoms with E-state index in [1.165, 1.54) is 34.4 Å². The SMILES string of the molecule is COC1c2ccc(-c3ccc(-c4ccc(F)cc4)cc3)cc2CCC1CN(C)C.Cl. The number of benzene rings is 3. The zero-order chi connectivity index (χ0) is 20.4. The van der Waals surface area contributed by atoms with Crippen molar-refractivity contribution in [3.05, 3.63) is 83.7 Å². The zero-order valence-corrected chi connectivity index (χ0v) is 18.6. The number of rotatable bonds is 5. The number of ether oxygens (including phenoxy) is 1. The Kier molecular flexibility index (Phi) is 7.30. The minimum atomic E-state index is -0.207. The maximum Gasteiger partial charge on any atom is 0.123 e. The summed E-state index contributed by atoms with van der Waals surface area (Å²) >= 11 is 0. The molecular weight excluding hydrogens is 397 g/mol. The van der Waals surface area contributed by atoms with Crippen molar-refractivity contribution in [3.8, 4) is 22.3 Å². The molecule has 3 aromatic carbocycles. The molecule has 0 N–H and O–H groups in total. The third-order valence-electron chi connectivity index (χ3n) is 5.91. The van der Waals surface area contributed by atoms with E-state index >= 15 is 0 Å². The Morgan fingerprint density at radius 2 is 1.40 bits per heavy atom. The predicted octanol–water partition coefficient (Wildman–Crippen LogP) is 6.39. The van der Waals surface area contributed by atoms with E-state index in [0.29, 0.717) is 5.92 Å². The van der Waals surface area contributed by atoms with E-state index in [1.807, 2.05) is 19.2 Å². The van der Waals surface area contributed by atoms with Crippen LogP contribution in [0.4, 0.5) is 4.39 Å². The summed E-state index contributed by atoms with van der Waals surface area (Å²) in [7, 11) is 6.08. The number of fused-ring (bicyclic) bond motifs is 1. The standard InChI is InChI=1S/C26H28FNO.ClH/c1-28(2)17-23-9-8-22-16-21(12-15-25(22)26(23)29-3)20-6-4-18(5-7-20)19-10-13-24(27)14-11-19;/h4-7,10-16,23,26H,8-9,17H2,1-3H3;1H. The highest BCUT2D eigenvalue weighted by Gasteiger charge is 2.30. The van der Waals surface area contributed by atoms with Crippen molar-refractivity contribution in [2.24, 2.45) is 5.92 Å². The average molecular weight is 426 g/mol. The molecule has 30 heavy (non-hydrogen) atoms. The van der Waals surface area contributed by atoms with E-state index in [-0.39, 0.29) is 24.3 Å². The fourth-order valence-electron chi connectivity index (χ4n) is 4.50. The van der Waals surface area contributed by atoms with Crippen LogP contribution >= 0.6 is 12.4 Å². The molecule has 0 aromatic heterocycles. The van der Waals surface area contributed by atoms with Crippen molar-refractivity contribution in [2.75, 3.05) is 27.7 Å². The molecule has 1 aliphatic rings. The second-order valence-electron chi connectivity index (χ2n) is 8.22. The summed E-state index contributed by atoms with van der Waals surface area (Å²) in [5.74, 6) is 0.324. The van der Waals surface area contributed by atoms with Crippen molar-refractivity contribution < 1.29 is 9.13 Å². The number of hydrogen-bond acceptors (Lipinski definition) is 2. The minimum absolute atomic E-state index is 0. The molecule has 4 heteroatoms. The van der Waals surface area contributed by atoms with Crippen LogP contribution in [-0.2, 0) is 11.2 Å². The second-order valence-corrected chi connectivity index (χ2v) is 8.22. The fourth-order valence-corrected chi connectivity index (χ4v) is 4.50. The highest BCUT2D eigenvalue weighted by atomic mass is 35.5. The molecule has 0 heterocycles. The molecule has 0 radical (unpaired) electrons. The van der Waals surface area contributed by atoms with Crippen LogP contribution in [-0.4, -0.2) is 32.6 Å². The van der Waals surface area contributed by atoms with Crippen molar-refractivity contribution in [2.45, 2.75) is 18.9 Å². The van der Waals surface area contributed by atoms with Crippen LogP contribution in [0.15, 0.2) is 66.7 Å². The van der Waals surface area contributed by atoms with Gasteiger partial charge in [-0.25, -0.2) is 4.39 Å². The van der Waals surface area contributed by atoms with E-state index < -0.39 is 0 Å². The molecule has 158 valence electrons. The number of methoxy groups -OCH3 is 1. The molecule has 1 aliphatic carbocycles. The van der Waals surface area contributed by atoms with Gasteiger partial charge < -0.3 is 9.64 Å². The lowest BCUT2D eigenvalue weighted by Crippen LogP contribution is -2.31. The monoisotopic (exact) mass is 425 g/mol. The van der Waals surface area contributed by atoms with Gasteiger partial charge in [-0.3, -0.25) is 0 Å².